The quantitative estimate of drug-likeness (QED) is 0.442. The summed E-state index contributed by atoms with van der Waals surface area (Å²) in [7, 11) is 0. The van der Waals surface area contributed by atoms with Gasteiger partial charge in [-0.15, -0.1) is 0 Å². The van der Waals surface area contributed by atoms with E-state index in [0.29, 0.717) is 17.9 Å². The predicted molar refractivity (Wildman–Crippen MR) is 106 cm³/mol. The van der Waals surface area contributed by atoms with E-state index in [1.54, 1.807) is 18.2 Å². The zero-order valence-electron chi connectivity index (χ0n) is 17.4. The number of nitrogens with zero attached hydrogens (tertiary/aromatic N) is 3. The molecule has 0 atom stereocenters. The third-order valence-electron chi connectivity index (χ3n) is 4.76. The van der Waals surface area contributed by atoms with E-state index >= 15 is 0 Å². The monoisotopic (exact) mass is 485 g/mol. The normalized spacial score (nSPS) is 13.2. The van der Waals surface area contributed by atoms with Gasteiger partial charge in [0, 0.05) is 12.8 Å². The Balaban J connectivity index is 1.55. The zero-order valence-corrected chi connectivity index (χ0v) is 17.4. The van der Waals surface area contributed by atoms with Gasteiger partial charge in [0.05, 0.1) is 5.56 Å². The fourth-order valence-corrected chi connectivity index (χ4v) is 3.24. The van der Waals surface area contributed by atoms with Gasteiger partial charge in [-0.3, -0.25) is 0 Å². The first-order valence-corrected chi connectivity index (χ1v) is 10.0. The molecule has 2 aromatic carbocycles. The van der Waals surface area contributed by atoms with E-state index in [1.165, 1.54) is 12.1 Å². The lowest BCUT2D eigenvalue weighted by atomic mass is 10.1. The van der Waals surface area contributed by atoms with Crippen molar-refractivity contribution in [2.24, 2.45) is 0 Å². The molecular weight excluding hydrogens is 468 g/mol. The van der Waals surface area contributed by atoms with Gasteiger partial charge in [0.1, 0.15) is 11.6 Å². The molecule has 180 valence electrons. The van der Waals surface area contributed by atoms with E-state index in [9.17, 15) is 26.3 Å². The molecule has 0 aliphatic carbocycles. The Hall–Kier alpha value is -3.57. The second-order valence-corrected chi connectivity index (χ2v) is 7.42. The van der Waals surface area contributed by atoms with Gasteiger partial charge in [-0.1, -0.05) is 24.3 Å². The number of halogens is 6. The van der Waals surface area contributed by atoms with Gasteiger partial charge in [-0.05, 0) is 35.7 Å². The van der Waals surface area contributed by atoms with Crippen molar-refractivity contribution in [2.45, 2.75) is 31.6 Å². The number of ether oxygens (including phenoxy) is 3. The number of rotatable bonds is 7. The van der Waals surface area contributed by atoms with Gasteiger partial charge in [0.15, 0.2) is 18.1 Å². The number of aromatic nitrogens is 3. The Bertz CT molecular complexity index is 1170. The highest BCUT2D eigenvalue weighted by molar-refractivity contribution is 5.44. The first-order valence-electron chi connectivity index (χ1n) is 10.0. The molecule has 0 unspecified atom stereocenters. The number of alkyl halides is 6. The smallest absolute Gasteiger partial charge is 0.422 e. The summed E-state index contributed by atoms with van der Waals surface area (Å²) >= 11 is 0. The van der Waals surface area contributed by atoms with Crippen molar-refractivity contribution in [2.75, 3.05) is 13.4 Å². The van der Waals surface area contributed by atoms with Gasteiger partial charge >= 0.3 is 18.4 Å². The third-order valence-corrected chi connectivity index (χ3v) is 4.76. The van der Waals surface area contributed by atoms with Crippen molar-refractivity contribution >= 4 is 0 Å². The first-order chi connectivity index (χ1) is 16.0. The Morgan fingerprint density at radius 2 is 1.56 bits per heavy atom. The summed E-state index contributed by atoms with van der Waals surface area (Å²) in [4.78, 5) is 12.0. The molecule has 0 bridgehead atoms. The highest BCUT2D eigenvalue weighted by atomic mass is 19.4. The van der Waals surface area contributed by atoms with Gasteiger partial charge in [0.2, 0.25) is 6.79 Å². The van der Waals surface area contributed by atoms with E-state index in [-0.39, 0.29) is 36.8 Å². The summed E-state index contributed by atoms with van der Waals surface area (Å²) < 4.78 is 92.1. The molecule has 0 fully saturated rings. The molecule has 0 amide bonds. The molecule has 6 nitrogen and oxygen atoms in total. The minimum absolute atomic E-state index is 0.00724. The Morgan fingerprint density at radius 1 is 0.794 bits per heavy atom. The minimum atomic E-state index is -4.61. The second-order valence-electron chi connectivity index (χ2n) is 7.42. The second kappa shape index (κ2) is 9.35. The number of benzene rings is 2. The maximum absolute atomic E-state index is 13.0. The fourth-order valence-electron chi connectivity index (χ4n) is 3.24. The molecule has 1 aromatic heterocycles. The van der Waals surface area contributed by atoms with Crippen molar-refractivity contribution in [3.05, 3.63) is 70.8 Å². The summed E-state index contributed by atoms with van der Waals surface area (Å²) in [5.41, 5.74) is 0.238. The first kappa shape index (κ1) is 23.6. The standard InChI is InChI=1S/C22H17F6N3O3/c23-21(24,25)11-32-20-30-18(7-5-13-4-6-16-17(9-13)34-12-33-16)29-19(31-20)10-14-2-1-3-15(8-14)22(26,27)28/h1-4,6,8-9H,5,7,10-12H2. The van der Waals surface area contributed by atoms with Crippen LogP contribution < -0.4 is 14.2 Å². The molecule has 12 heteroatoms. The van der Waals surface area contributed by atoms with Crippen molar-refractivity contribution in [1.29, 1.82) is 0 Å². The summed E-state index contributed by atoms with van der Waals surface area (Å²) in [6.07, 6.45) is -8.65. The van der Waals surface area contributed by atoms with Gasteiger partial charge in [-0.2, -0.15) is 36.3 Å². The van der Waals surface area contributed by atoms with E-state index < -0.39 is 30.5 Å². The molecule has 3 aromatic rings. The van der Waals surface area contributed by atoms with Crippen molar-refractivity contribution in [1.82, 2.24) is 15.0 Å². The average molecular weight is 485 g/mol. The summed E-state index contributed by atoms with van der Waals surface area (Å²) in [5, 5.41) is 0. The zero-order chi connectivity index (χ0) is 24.3. The molecule has 0 saturated carbocycles. The lowest BCUT2D eigenvalue weighted by molar-refractivity contribution is -0.154. The lowest BCUT2D eigenvalue weighted by Gasteiger charge is -2.11. The SMILES string of the molecule is FC(F)(F)COc1nc(CCc2ccc3c(c2)OCO3)nc(Cc2cccc(C(F)(F)F)c2)n1. The largest absolute Gasteiger partial charge is 0.454 e. The highest BCUT2D eigenvalue weighted by Gasteiger charge is 2.31. The molecule has 0 N–H and O–H groups in total. The van der Waals surface area contributed by atoms with Crippen LogP contribution >= 0.6 is 0 Å². The van der Waals surface area contributed by atoms with Crippen LogP contribution in [-0.2, 0) is 25.4 Å². The molecular formula is C22H17F6N3O3. The summed E-state index contributed by atoms with van der Waals surface area (Å²) in [5.74, 6) is 1.32. The molecule has 0 spiro atoms. The van der Waals surface area contributed by atoms with E-state index in [1.807, 2.05) is 0 Å². The van der Waals surface area contributed by atoms with Gasteiger partial charge in [0.25, 0.3) is 0 Å². The van der Waals surface area contributed by atoms with Crippen molar-refractivity contribution < 1.29 is 40.6 Å². The van der Waals surface area contributed by atoms with Gasteiger partial charge < -0.3 is 14.2 Å². The van der Waals surface area contributed by atoms with Crippen LogP contribution in [-0.4, -0.2) is 34.5 Å². The molecule has 0 radical (unpaired) electrons. The van der Waals surface area contributed by atoms with Crippen LogP contribution in [0.25, 0.3) is 0 Å². The van der Waals surface area contributed by atoms with E-state index in [0.717, 1.165) is 17.7 Å². The van der Waals surface area contributed by atoms with Crippen LogP contribution in [0.1, 0.15) is 28.3 Å². The molecule has 1 aliphatic heterocycles. The topological polar surface area (TPSA) is 66.4 Å². The van der Waals surface area contributed by atoms with Crippen LogP contribution in [0.2, 0.25) is 0 Å². The maximum atomic E-state index is 13.0. The molecule has 4 rings (SSSR count). The number of hydrogen-bond donors (Lipinski definition) is 0. The van der Waals surface area contributed by atoms with Crippen LogP contribution in [0.4, 0.5) is 26.3 Å². The van der Waals surface area contributed by atoms with Crippen molar-refractivity contribution in [3.8, 4) is 17.5 Å². The van der Waals surface area contributed by atoms with Crippen LogP contribution in [0.5, 0.6) is 17.5 Å². The Kier molecular flexibility index (Phi) is 6.49. The number of fused-ring (bicyclic) bond motifs is 1. The number of aryl methyl sites for hydroxylation is 2. The van der Waals surface area contributed by atoms with Crippen molar-refractivity contribution in [3.63, 3.8) is 0 Å². The molecule has 1 aliphatic rings. The number of hydrogen-bond acceptors (Lipinski definition) is 6. The van der Waals surface area contributed by atoms with Crippen LogP contribution in [0.15, 0.2) is 42.5 Å². The maximum Gasteiger partial charge on any atom is 0.422 e. The van der Waals surface area contributed by atoms with Gasteiger partial charge in [-0.25, -0.2) is 4.98 Å². The third kappa shape index (κ3) is 6.27. The molecule has 0 saturated heterocycles. The van der Waals surface area contributed by atoms with E-state index in [4.69, 9.17) is 9.47 Å². The fraction of sp³-hybridized carbons (Fsp3) is 0.318. The minimum Gasteiger partial charge on any atom is -0.454 e. The van der Waals surface area contributed by atoms with E-state index in [2.05, 4.69) is 19.7 Å². The Morgan fingerprint density at radius 3 is 2.32 bits per heavy atom. The summed E-state index contributed by atoms with van der Waals surface area (Å²) in [6, 6.07) is 9.31. The van der Waals surface area contributed by atoms with Crippen LogP contribution in [0.3, 0.4) is 0 Å². The molecule has 34 heavy (non-hydrogen) atoms. The predicted octanol–water partition coefficient (Wildman–Crippen LogP) is 4.94. The Labute approximate surface area is 189 Å². The molecule has 2 heterocycles. The lowest BCUT2D eigenvalue weighted by Crippen LogP contribution is -2.21. The van der Waals surface area contributed by atoms with Crippen LogP contribution in [0, 0.1) is 0 Å². The summed E-state index contributed by atoms with van der Waals surface area (Å²) in [6.45, 7) is -1.49. The average Bonchev–Trinajstić information content (AvgIpc) is 3.23. The highest BCUT2D eigenvalue weighted by Crippen LogP contribution is 2.33.